The summed E-state index contributed by atoms with van der Waals surface area (Å²) in [5.74, 6) is -3.96. The molecule has 5 N–H and O–H groups in total. The van der Waals surface area contributed by atoms with Crippen molar-refractivity contribution in [1.82, 2.24) is 26.6 Å². The van der Waals surface area contributed by atoms with Gasteiger partial charge in [0.1, 0.15) is 36.8 Å². The first-order valence-corrected chi connectivity index (χ1v) is 15.0. The van der Waals surface area contributed by atoms with E-state index in [-0.39, 0.29) is 12.2 Å². The highest BCUT2D eigenvalue weighted by molar-refractivity contribution is 8.76. The first-order chi connectivity index (χ1) is 18.9. The van der Waals surface area contributed by atoms with Crippen molar-refractivity contribution in [1.29, 1.82) is 0 Å². The summed E-state index contributed by atoms with van der Waals surface area (Å²) < 4.78 is 42.7. The number of carbonyl (C=O) groups is 6. The zero-order valence-electron chi connectivity index (χ0n) is 21.3. The Morgan fingerprint density at radius 2 is 1.85 bits per heavy atom. The highest BCUT2D eigenvalue weighted by Crippen LogP contribution is 2.36. The van der Waals surface area contributed by atoms with Gasteiger partial charge >= 0.3 is 12.1 Å². The summed E-state index contributed by atoms with van der Waals surface area (Å²) in [7, 11) is 2.71. The molecular weight excluding hydrogens is 579 g/mol. The van der Waals surface area contributed by atoms with Gasteiger partial charge in [-0.3, -0.25) is 28.8 Å². The summed E-state index contributed by atoms with van der Waals surface area (Å²) >= 11 is 0. The summed E-state index contributed by atoms with van der Waals surface area (Å²) in [6, 6.07) is -2.53. The number of rotatable bonds is 4. The van der Waals surface area contributed by atoms with E-state index in [9.17, 15) is 41.9 Å². The maximum absolute atomic E-state index is 13.2. The van der Waals surface area contributed by atoms with E-state index in [1.807, 2.05) is 0 Å². The summed E-state index contributed by atoms with van der Waals surface area (Å²) in [6.07, 6.45) is -2.56. The predicted octanol–water partition coefficient (Wildman–Crippen LogP) is -0.163. The molecule has 222 valence electrons. The van der Waals surface area contributed by atoms with Crippen molar-refractivity contribution in [3.8, 4) is 0 Å². The molecule has 1 saturated heterocycles. The maximum atomic E-state index is 13.2. The molecular formula is C23H30F3N5O7S2. The third-order valence-electron chi connectivity index (χ3n) is 6.08. The molecule has 2 aliphatic heterocycles. The van der Waals surface area contributed by atoms with Gasteiger partial charge in [-0.05, 0) is 31.8 Å². The minimum Gasteiger partial charge on any atom is -0.456 e. The summed E-state index contributed by atoms with van der Waals surface area (Å²) in [6.45, 7) is -2.05. The SMILES string of the molecule is O=C(CC[C@H]1NC(=O)C[C@H]2C=CCCSSC[C@@H](NC1=O)C(=O)NC1(CC1)C(=O)NCC(=O)O2)NCC(F)(F)F. The van der Waals surface area contributed by atoms with Gasteiger partial charge in [0, 0.05) is 17.9 Å². The molecule has 1 spiro atoms. The second-order valence-electron chi connectivity index (χ2n) is 9.42. The Kier molecular flexibility index (Phi) is 11.1. The molecule has 2 bridgehead atoms. The van der Waals surface area contributed by atoms with Crippen molar-refractivity contribution < 1.29 is 46.7 Å². The van der Waals surface area contributed by atoms with Crippen molar-refractivity contribution in [2.75, 3.05) is 24.6 Å². The van der Waals surface area contributed by atoms with Crippen molar-refractivity contribution in [3.05, 3.63) is 12.2 Å². The molecule has 0 aromatic heterocycles. The predicted molar refractivity (Wildman–Crippen MR) is 138 cm³/mol. The Balaban J connectivity index is 1.86. The molecule has 5 amide bonds. The second-order valence-corrected chi connectivity index (χ2v) is 12.0. The van der Waals surface area contributed by atoms with E-state index in [0.29, 0.717) is 25.0 Å². The largest absolute Gasteiger partial charge is 0.456 e. The van der Waals surface area contributed by atoms with Gasteiger partial charge in [-0.25, -0.2) is 0 Å². The summed E-state index contributed by atoms with van der Waals surface area (Å²) in [5.41, 5.74) is -1.24. The second kappa shape index (κ2) is 14.1. The molecule has 0 aromatic rings. The standard InChI is InChI=1S/C23H30F3N5O7S2/c24-23(25,26)12-28-16(32)5-4-14-19(35)30-15-11-40-39-8-2-1-3-13(9-17(33)29-14)38-18(34)10-27-21(37)22(6-7-22)31-20(15)36/h1,3,13-15H,2,4-12H2,(H,27,37)(H,28,32)(H,29,33)(H,30,35)(H,31,36)/t13-,14-,15-/m1/s1. The number of hydrogen-bond donors (Lipinski definition) is 5. The Bertz CT molecular complexity index is 1040. The van der Waals surface area contributed by atoms with Gasteiger partial charge in [-0.15, -0.1) is 0 Å². The quantitative estimate of drug-likeness (QED) is 0.165. The summed E-state index contributed by atoms with van der Waals surface area (Å²) in [4.78, 5) is 76.4. The van der Waals surface area contributed by atoms with Gasteiger partial charge in [0.2, 0.25) is 29.5 Å². The molecule has 3 aliphatic rings. The van der Waals surface area contributed by atoms with E-state index < -0.39 is 91.3 Å². The lowest BCUT2D eigenvalue weighted by Crippen LogP contribution is -2.59. The molecule has 0 unspecified atom stereocenters. The van der Waals surface area contributed by atoms with Crippen LogP contribution in [0.1, 0.15) is 38.5 Å². The van der Waals surface area contributed by atoms with E-state index in [0.717, 1.165) is 0 Å². The number of ether oxygens (including phenoxy) is 1. The smallest absolute Gasteiger partial charge is 0.405 e. The van der Waals surface area contributed by atoms with E-state index >= 15 is 0 Å². The van der Waals surface area contributed by atoms with Crippen LogP contribution in [-0.4, -0.2) is 90.0 Å². The highest BCUT2D eigenvalue weighted by atomic mass is 33.1. The van der Waals surface area contributed by atoms with Gasteiger partial charge in [0.05, 0.1) is 6.42 Å². The molecule has 12 nitrogen and oxygen atoms in total. The number of amides is 5. The lowest BCUT2D eigenvalue weighted by Gasteiger charge is -2.26. The Morgan fingerprint density at radius 1 is 1.10 bits per heavy atom. The van der Waals surface area contributed by atoms with Crippen LogP contribution in [0.5, 0.6) is 0 Å². The number of esters is 1. The zero-order valence-corrected chi connectivity index (χ0v) is 22.9. The number of hydrogen-bond acceptors (Lipinski definition) is 9. The van der Waals surface area contributed by atoms with Crippen LogP contribution in [0.2, 0.25) is 0 Å². The number of halogens is 3. The number of nitrogens with one attached hydrogen (secondary N) is 5. The van der Waals surface area contributed by atoms with Crippen LogP contribution in [0.4, 0.5) is 13.2 Å². The molecule has 0 aromatic carbocycles. The topological polar surface area (TPSA) is 172 Å². The van der Waals surface area contributed by atoms with Crippen molar-refractivity contribution in [2.24, 2.45) is 0 Å². The van der Waals surface area contributed by atoms with Crippen molar-refractivity contribution in [2.45, 2.75) is 68.4 Å². The van der Waals surface area contributed by atoms with E-state index in [1.54, 1.807) is 11.4 Å². The normalized spacial score (nSPS) is 26.5. The first kappa shape index (κ1) is 31.6. The molecule has 17 heteroatoms. The van der Waals surface area contributed by atoms with Gasteiger partial charge in [0.25, 0.3) is 0 Å². The lowest BCUT2D eigenvalue weighted by molar-refractivity contribution is -0.148. The zero-order chi connectivity index (χ0) is 29.3. The van der Waals surface area contributed by atoms with Crippen LogP contribution in [0.3, 0.4) is 0 Å². The van der Waals surface area contributed by atoms with Gasteiger partial charge in [-0.1, -0.05) is 27.7 Å². The van der Waals surface area contributed by atoms with Crippen molar-refractivity contribution >= 4 is 57.1 Å². The molecule has 0 radical (unpaired) electrons. The van der Waals surface area contributed by atoms with Gasteiger partial charge in [-0.2, -0.15) is 13.2 Å². The van der Waals surface area contributed by atoms with E-state index in [4.69, 9.17) is 4.74 Å². The maximum Gasteiger partial charge on any atom is 0.405 e. The average molecular weight is 610 g/mol. The Morgan fingerprint density at radius 3 is 2.55 bits per heavy atom. The van der Waals surface area contributed by atoms with Crippen LogP contribution in [0.25, 0.3) is 0 Å². The number of fused-ring (bicyclic) bond motifs is 7. The fourth-order valence-corrected chi connectivity index (χ4v) is 5.96. The minimum atomic E-state index is -4.63. The third kappa shape index (κ3) is 10.2. The first-order valence-electron chi connectivity index (χ1n) is 12.5. The van der Waals surface area contributed by atoms with Crippen molar-refractivity contribution in [3.63, 3.8) is 0 Å². The van der Waals surface area contributed by atoms with Crippen LogP contribution >= 0.6 is 21.6 Å². The monoisotopic (exact) mass is 609 g/mol. The van der Waals surface area contributed by atoms with E-state index in [1.165, 1.54) is 27.7 Å². The van der Waals surface area contributed by atoms with Crippen LogP contribution < -0.4 is 26.6 Å². The minimum absolute atomic E-state index is 0.0978. The molecule has 3 rings (SSSR count). The highest BCUT2D eigenvalue weighted by Gasteiger charge is 2.52. The molecule has 2 heterocycles. The van der Waals surface area contributed by atoms with Gasteiger partial charge in [0.15, 0.2) is 0 Å². The van der Waals surface area contributed by atoms with Crippen LogP contribution in [-0.2, 0) is 33.5 Å². The number of allylic oxidation sites excluding steroid dienone is 1. The molecule has 2 fully saturated rings. The molecule has 1 saturated carbocycles. The van der Waals surface area contributed by atoms with Crippen LogP contribution in [0, 0.1) is 0 Å². The number of carbonyl (C=O) groups excluding carboxylic acids is 6. The lowest BCUT2D eigenvalue weighted by atomic mass is 10.1. The number of alkyl halides is 3. The summed E-state index contributed by atoms with van der Waals surface area (Å²) in [5, 5.41) is 11.8. The fraction of sp³-hybridized carbons (Fsp3) is 0.652. The van der Waals surface area contributed by atoms with E-state index in [2.05, 4.69) is 21.3 Å². The van der Waals surface area contributed by atoms with Crippen LogP contribution in [0.15, 0.2) is 12.2 Å². The fourth-order valence-electron chi connectivity index (χ4n) is 3.80. The molecule has 3 atom stereocenters. The Labute approximate surface area is 235 Å². The third-order valence-corrected chi connectivity index (χ3v) is 8.52. The Hall–Kier alpha value is -2.95. The average Bonchev–Trinajstić information content (AvgIpc) is 3.65. The molecule has 40 heavy (non-hydrogen) atoms. The molecule has 1 aliphatic carbocycles. The van der Waals surface area contributed by atoms with Gasteiger partial charge < -0.3 is 31.3 Å².